The van der Waals surface area contributed by atoms with Crippen LogP contribution in [0, 0.1) is 19.7 Å². The van der Waals surface area contributed by atoms with E-state index in [1.807, 2.05) is 18.5 Å². The van der Waals surface area contributed by atoms with E-state index in [2.05, 4.69) is 5.10 Å². The molecule has 1 aromatic carbocycles. The third-order valence-electron chi connectivity index (χ3n) is 3.27. The normalized spacial score (nSPS) is 10.8. The van der Waals surface area contributed by atoms with Crippen LogP contribution in [-0.2, 0) is 11.3 Å². The summed E-state index contributed by atoms with van der Waals surface area (Å²) in [5, 5.41) is 13.1. The molecule has 0 spiro atoms. The number of hydrogen-bond acceptors (Lipinski definition) is 2. The molecular weight excluding hydrogens is 259 g/mol. The van der Waals surface area contributed by atoms with Gasteiger partial charge in [-0.3, -0.25) is 9.48 Å². The summed E-state index contributed by atoms with van der Waals surface area (Å²) in [4.78, 5) is 10.5. The number of carboxylic acids is 1. The second-order valence-corrected chi connectivity index (χ2v) is 4.77. The number of nitrogens with zero attached hydrogens (tertiary/aromatic N) is 2. The van der Waals surface area contributed by atoms with Gasteiger partial charge in [-0.15, -0.1) is 0 Å². The molecule has 0 saturated heterocycles. The lowest BCUT2D eigenvalue weighted by Gasteiger charge is -2.05. The number of aromatic nitrogens is 2. The second kappa shape index (κ2) is 5.86. The van der Waals surface area contributed by atoms with Gasteiger partial charge in [-0.05, 0) is 38.0 Å². The van der Waals surface area contributed by atoms with Crippen molar-refractivity contribution in [3.05, 3.63) is 41.5 Å². The smallest absolute Gasteiger partial charge is 0.303 e. The van der Waals surface area contributed by atoms with Gasteiger partial charge in [0.2, 0.25) is 0 Å². The molecule has 4 nitrogen and oxygen atoms in total. The van der Waals surface area contributed by atoms with Crippen molar-refractivity contribution < 1.29 is 14.3 Å². The first kappa shape index (κ1) is 14.2. The van der Waals surface area contributed by atoms with Crippen LogP contribution >= 0.6 is 0 Å². The highest BCUT2D eigenvalue weighted by Crippen LogP contribution is 2.27. The number of hydrogen-bond donors (Lipinski definition) is 1. The van der Waals surface area contributed by atoms with Crippen molar-refractivity contribution >= 4 is 5.97 Å². The topological polar surface area (TPSA) is 55.1 Å². The van der Waals surface area contributed by atoms with Gasteiger partial charge in [0.1, 0.15) is 5.82 Å². The molecule has 1 aromatic heterocycles. The minimum atomic E-state index is -0.801. The Morgan fingerprint density at radius 1 is 1.30 bits per heavy atom. The summed E-state index contributed by atoms with van der Waals surface area (Å²) >= 11 is 0. The van der Waals surface area contributed by atoms with E-state index in [0.717, 1.165) is 22.5 Å². The average Bonchev–Trinajstić information content (AvgIpc) is 2.66. The quantitative estimate of drug-likeness (QED) is 0.912. The highest BCUT2D eigenvalue weighted by atomic mass is 19.1. The third-order valence-corrected chi connectivity index (χ3v) is 3.27. The van der Waals surface area contributed by atoms with E-state index in [-0.39, 0.29) is 12.2 Å². The van der Waals surface area contributed by atoms with Gasteiger partial charge in [-0.25, -0.2) is 4.39 Å². The summed E-state index contributed by atoms with van der Waals surface area (Å²) in [5.74, 6) is -1.07. The van der Waals surface area contributed by atoms with Gasteiger partial charge in [0, 0.05) is 24.2 Å². The molecule has 2 aromatic rings. The van der Waals surface area contributed by atoms with E-state index in [4.69, 9.17) is 5.11 Å². The summed E-state index contributed by atoms with van der Waals surface area (Å²) in [6.07, 6.45) is 0.671. The molecule has 0 radical (unpaired) electrons. The molecule has 0 saturated carbocycles. The minimum absolute atomic E-state index is 0.129. The fourth-order valence-corrected chi connectivity index (χ4v) is 2.33. The zero-order valence-electron chi connectivity index (χ0n) is 11.6. The van der Waals surface area contributed by atoms with Crippen LogP contribution in [-0.4, -0.2) is 20.9 Å². The van der Waals surface area contributed by atoms with Gasteiger partial charge in [-0.2, -0.15) is 5.10 Å². The molecule has 1 heterocycles. The standard InChI is InChI=1S/C15H17FN2O2/c1-10-15(12-5-7-13(16)8-6-12)11(2)18(17-10)9-3-4-14(19)20/h5-8H,3-4,9H2,1-2H3,(H,19,20). The highest BCUT2D eigenvalue weighted by Gasteiger charge is 2.13. The monoisotopic (exact) mass is 276 g/mol. The summed E-state index contributed by atoms with van der Waals surface area (Å²) < 4.78 is 14.8. The maximum absolute atomic E-state index is 13.0. The van der Waals surface area contributed by atoms with Crippen LogP contribution in [0.1, 0.15) is 24.2 Å². The number of benzene rings is 1. The van der Waals surface area contributed by atoms with Crippen LogP contribution in [0.4, 0.5) is 4.39 Å². The lowest BCUT2D eigenvalue weighted by Crippen LogP contribution is -2.05. The molecule has 2 rings (SSSR count). The molecule has 5 heteroatoms. The molecule has 20 heavy (non-hydrogen) atoms. The first-order chi connectivity index (χ1) is 9.49. The van der Waals surface area contributed by atoms with E-state index in [0.29, 0.717) is 13.0 Å². The molecule has 0 aliphatic carbocycles. The summed E-state index contributed by atoms with van der Waals surface area (Å²) in [6.45, 7) is 4.42. The SMILES string of the molecule is Cc1nn(CCCC(=O)O)c(C)c1-c1ccc(F)cc1. The molecule has 0 atom stereocenters. The fourth-order valence-electron chi connectivity index (χ4n) is 2.33. The minimum Gasteiger partial charge on any atom is -0.481 e. The molecule has 0 amide bonds. The number of rotatable bonds is 5. The van der Waals surface area contributed by atoms with Crippen LogP contribution in [0.15, 0.2) is 24.3 Å². The van der Waals surface area contributed by atoms with E-state index >= 15 is 0 Å². The molecule has 1 N–H and O–H groups in total. The highest BCUT2D eigenvalue weighted by molar-refractivity contribution is 5.68. The first-order valence-electron chi connectivity index (χ1n) is 6.51. The summed E-state index contributed by atoms with van der Waals surface area (Å²) in [6, 6.07) is 6.31. The second-order valence-electron chi connectivity index (χ2n) is 4.77. The summed E-state index contributed by atoms with van der Waals surface area (Å²) in [7, 11) is 0. The number of carbonyl (C=O) groups is 1. The van der Waals surface area contributed by atoms with Crippen molar-refractivity contribution in [3.8, 4) is 11.1 Å². The molecule has 0 aliphatic rings. The van der Waals surface area contributed by atoms with E-state index in [1.165, 1.54) is 12.1 Å². The third kappa shape index (κ3) is 3.04. The van der Waals surface area contributed by atoms with Gasteiger partial charge in [-0.1, -0.05) is 12.1 Å². The largest absolute Gasteiger partial charge is 0.481 e. The van der Waals surface area contributed by atoms with Crippen molar-refractivity contribution in [1.82, 2.24) is 9.78 Å². The molecule has 106 valence electrons. The predicted molar refractivity (Wildman–Crippen MR) is 74.0 cm³/mol. The first-order valence-corrected chi connectivity index (χ1v) is 6.51. The Labute approximate surface area is 116 Å². The Morgan fingerprint density at radius 3 is 2.55 bits per heavy atom. The van der Waals surface area contributed by atoms with E-state index in [1.54, 1.807) is 12.1 Å². The molecule has 0 fully saturated rings. The van der Waals surface area contributed by atoms with E-state index < -0.39 is 5.97 Å². The summed E-state index contributed by atoms with van der Waals surface area (Å²) in [5.41, 5.74) is 3.75. The Hall–Kier alpha value is -2.17. The van der Waals surface area contributed by atoms with Crippen LogP contribution in [0.2, 0.25) is 0 Å². The molecular formula is C15H17FN2O2. The lowest BCUT2D eigenvalue weighted by molar-refractivity contribution is -0.137. The van der Waals surface area contributed by atoms with Gasteiger partial charge < -0.3 is 5.11 Å². The lowest BCUT2D eigenvalue weighted by atomic mass is 10.0. The number of aliphatic carboxylic acids is 1. The van der Waals surface area contributed by atoms with Crippen molar-refractivity contribution in [2.75, 3.05) is 0 Å². The Bertz CT molecular complexity index is 618. The maximum atomic E-state index is 13.0. The number of halogens is 1. The predicted octanol–water partition coefficient (Wildman–Crippen LogP) is 3.17. The zero-order chi connectivity index (χ0) is 14.7. The fraction of sp³-hybridized carbons (Fsp3) is 0.333. The maximum Gasteiger partial charge on any atom is 0.303 e. The van der Waals surface area contributed by atoms with Gasteiger partial charge in [0.25, 0.3) is 0 Å². The van der Waals surface area contributed by atoms with Crippen molar-refractivity contribution in [2.24, 2.45) is 0 Å². The Balaban J connectivity index is 2.24. The Morgan fingerprint density at radius 2 is 1.95 bits per heavy atom. The molecule has 0 unspecified atom stereocenters. The number of aryl methyl sites for hydroxylation is 2. The van der Waals surface area contributed by atoms with Gasteiger partial charge >= 0.3 is 5.97 Å². The van der Waals surface area contributed by atoms with Crippen molar-refractivity contribution in [2.45, 2.75) is 33.2 Å². The molecule has 0 bridgehead atoms. The van der Waals surface area contributed by atoms with Gasteiger partial charge in [0.05, 0.1) is 5.69 Å². The Kier molecular flexibility index (Phi) is 4.17. The van der Waals surface area contributed by atoms with Crippen molar-refractivity contribution in [1.29, 1.82) is 0 Å². The zero-order valence-corrected chi connectivity index (χ0v) is 11.6. The van der Waals surface area contributed by atoms with E-state index in [9.17, 15) is 9.18 Å². The van der Waals surface area contributed by atoms with Crippen molar-refractivity contribution in [3.63, 3.8) is 0 Å². The van der Waals surface area contributed by atoms with Gasteiger partial charge in [0.15, 0.2) is 0 Å². The van der Waals surface area contributed by atoms with Crippen LogP contribution in [0.3, 0.4) is 0 Å². The van der Waals surface area contributed by atoms with Crippen LogP contribution in [0.25, 0.3) is 11.1 Å². The number of carboxylic acid groups (broad SMARTS) is 1. The van der Waals surface area contributed by atoms with Crippen LogP contribution in [0.5, 0.6) is 0 Å². The molecule has 0 aliphatic heterocycles. The van der Waals surface area contributed by atoms with Crippen LogP contribution < -0.4 is 0 Å². The average molecular weight is 276 g/mol.